The first-order valence-corrected chi connectivity index (χ1v) is 9.29. The van der Waals surface area contributed by atoms with Crippen LogP contribution in [0.25, 0.3) is 32.9 Å². The molecule has 0 fully saturated rings. The molecule has 0 unspecified atom stereocenters. The minimum Gasteiger partial charge on any atom is -0.361 e. The van der Waals surface area contributed by atoms with Crippen molar-refractivity contribution in [2.75, 3.05) is 0 Å². The molecule has 5 rings (SSSR count). The van der Waals surface area contributed by atoms with Crippen LogP contribution in [0.15, 0.2) is 79.1 Å². The summed E-state index contributed by atoms with van der Waals surface area (Å²) in [6.07, 6.45) is 3.71. The number of nitrogens with zero attached hydrogens (tertiary/aromatic N) is 1. The molecule has 0 saturated heterocycles. The van der Waals surface area contributed by atoms with Gasteiger partial charge in [0.25, 0.3) is 5.91 Å². The van der Waals surface area contributed by atoms with Crippen molar-refractivity contribution < 1.29 is 9.63 Å². The molecule has 0 bridgehead atoms. The Hall–Kier alpha value is -3.90. The summed E-state index contributed by atoms with van der Waals surface area (Å²) in [5.74, 6) is -0.276. The van der Waals surface area contributed by atoms with E-state index in [9.17, 15) is 4.79 Å². The Morgan fingerprint density at radius 3 is 2.76 bits per heavy atom. The highest BCUT2D eigenvalue weighted by Gasteiger charge is 2.11. The Kier molecular flexibility index (Phi) is 4.31. The monoisotopic (exact) mass is 382 g/mol. The van der Waals surface area contributed by atoms with Crippen molar-refractivity contribution in [3.8, 4) is 11.1 Å². The van der Waals surface area contributed by atoms with E-state index >= 15 is 0 Å². The number of benzene rings is 3. The quantitative estimate of drug-likeness (QED) is 0.389. The molecule has 0 aliphatic heterocycles. The lowest BCUT2D eigenvalue weighted by Crippen LogP contribution is -2.23. The fourth-order valence-corrected chi connectivity index (χ4v) is 3.56. The Labute approximate surface area is 166 Å². The van der Waals surface area contributed by atoms with Crippen LogP contribution in [0.5, 0.6) is 0 Å². The first-order valence-electron chi connectivity index (χ1n) is 9.29. The maximum atomic E-state index is 12.2. The molecule has 0 aliphatic rings. The van der Waals surface area contributed by atoms with Gasteiger partial charge in [-0.25, -0.2) is 5.48 Å². The summed E-state index contributed by atoms with van der Waals surface area (Å²) in [5, 5.41) is 9.31. The van der Waals surface area contributed by atoms with E-state index in [2.05, 4.69) is 51.0 Å². The standard InChI is InChI=1S/C23H18N4O2/c28-23(15-5-2-1-3-6-15)27-29-14-17-11-16(12-22-20(17)13-25-26-22)18-7-4-8-21-19(18)9-10-24-21/h1-13,24H,14H2,(H,25,26)(H,27,28). The van der Waals surface area contributed by atoms with Gasteiger partial charge in [0.05, 0.1) is 11.7 Å². The molecular formula is C23H18N4O2. The van der Waals surface area contributed by atoms with Gasteiger partial charge in [-0.2, -0.15) is 5.10 Å². The summed E-state index contributed by atoms with van der Waals surface area (Å²) in [4.78, 5) is 21.0. The lowest BCUT2D eigenvalue weighted by molar-refractivity contribution is 0.0237. The Morgan fingerprint density at radius 2 is 1.86 bits per heavy atom. The van der Waals surface area contributed by atoms with Gasteiger partial charge < -0.3 is 4.98 Å². The molecule has 6 nitrogen and oxygen atoms in total. The van der Waals surface area contributed by atoms with Crippen molar-refractivity contribution in [3.63, 3.8) is 0 Å². The second-order valence-electron chi connectivity index (χ2n) is 6.80. The normalized spacial score (nSPS) is 11.2. The summed E-state index contributed by atoms with van der Waals surface area (Å²) in [6.45, 7) is 0.228. The van der Waals surface area contributed by atoms with Crippen molar-refractivity contribution in [2.24, 2.45) is 0 Å². The molecule has 0 spiro atoms. The third kappa shape index (κ3) is 3.26. The molecule has 142 valence electrons. The van der Waals surface area contributed by atoms with E-state index in [4.69, 9.17) is 4.84 Å². The summed E-state index contributed by atoms with van der Waals surface area (Å²) in [7, 11) is 0. The lowest BCUT2D eigenvalue weighted by Gasteiger charge is -2.10. The van der Waals surface area contributed by atoms with Gasteiger partial charge in [-0.15, -0.1) is 0 Å². The zero-order valence-corrected chi connectivity index (χ0v) is 15.5. The molecular weight excluding hydrogens is 364 g/mol. The Bertz CT molecular complexity index is 1300. The molecule has 1 amide bonds. The SMILES string of the molecule is O=C(NOCc1cc(-c2cccc3[nH]ccc23)cc2[nH]ncc12)c1ccccc1. The Balaban J connectivity index is 1.44. The van der Waals surface area contributed by atoms with Crippen LogP contribution in [0.1, 0.15) is 15.9 Å². The third-order valence-corrected chi connectivity index (χ3v) is 4.98. The average molecular weight is 382 g/mol. The molecule has 0 radical (unpaired) electrons. The molecule has 3 N–H and O–H groups in total. The highest BCUT2D eigenvalue weighted by atomic mass is 16.6. The van der Waals surface area contributed by atoms with Crippen molar-refractivity contribution >= 4 is 27.7 Å². The first kappa shape index (κ1) is 17.2. The number of nitrogens with one attached hydrogen (secondary N) is 3. The maximum absolute atomic E-state index is 12.2. The van der Waals surface area contributed by atoms with Crippen LogP contribution in [-0.2, 0) is 11.4 Å². The Morgan fingerprint density at radius 1 is 0.966 bits per heavy atom. The van der Waals surface area contributed by atoms with Crippen molar-refractivity contribution in [2.45, 2.75) is 6.61 Å². The largest absolute Gasteiger partial charge is 0.361 e. The summed E-state index contributed by atoms with van der Waals surface area (Å²) in [5.41, 5.74) is 8.18. The zero-order chi connectivity index (χ0) is 19.6. The van der Waals surface area contributed by atoms with E-state index < -0.39 is 0 Å². The van der Waals surface area contributed by atoms with Gasteiger partial charge in [0.2, 0.25) is 0 Å². The number of hydroxylamine groups is 1. The number of rotatable bonds is 5. The summed E-state index contributed by atoms with van der Waals surface area (Å²) < 4.78 is 0. The lowest BCUT2D eigenvalue weighted by atomic mass is 9.98. The van der Waals surface area contributed by atoms with Crippen molar-refractivity contribution in [1.82, 2.24) is 20.7 Å². The molecule has 2 heterocycles. The number of carbonyl (C=O) groups excluding carboxylic acids is 1. The number of fused-ring (bicyclic) bond motifs is 2. The second-order valence-corrected chi connectivity index (χ2v) is 6.80. The van der Waals surface area contributed by atoms with E-state index in [1.54, 1.807) is 18.3 Å². The molecule has 5 aromatic rings. The molecule has 0 aliphatic carbocycles. The number of aromatic amines is 2. The predicted molar refractivity (Wildman–Crippen MR) is 112 cm³/mol. The minimum absolute atomic E-state index is 0.228. The zero-order valence-electron chi connectivity index (χ0n) is 15.5. The maximum Gasteiger partial charge on any atom is 0.274 e. The van der Waals surface area contributed by atoms with E-state index in [0.29, 0.717) is 5.56 Å². The molecule has 0 saturated carbocycles. The van der Waals surface area contributed by atoms with Crippen molar-refractivity contribution in [1.29, 1.82) is 0 Å². The molecule has 2 aromatic heterocycles. The topological polar surface area (TPSA) is 82.8 Å². The number of hydrogen-bond donors (Lipinski definition) is 3. The van der Waals surface area contributed by atoms with Crippen molar-refractivity contribution in [3.05, 3.63) is 90.3 Å². The van der Waals surface area contributed by atoms with E-state index in [1.165, 1.54) is 0 Å². The van der Waals surface area contributed by atoms with Gasteiger partial charge in [0.1, 0.15) is 6.61 Å². The fraction of sp³-hybridized carbons (Fsp3) is 0.0435. The van der Waals surface area contributed by atoms with E-state index in [-0.39, 0.29) is 12.5 Å². The van der Waals surface area contributed by atoms with Crippen LogP contribution in [0.3, 0.4) is 0 Å². The highest BCUT2D eigenvalue weighted by molar-refractivity contribution is 5.98. The summed E-state index contributed by atoms with van der Waals surface area (Å²) in [6, 6.07) is 21.4. The van der Waals surface area contributed by atoms with Crippen LogP contribution in [-0.4, -0.2) is 21.1 Å². The first-order chi connectivity index (χ1) is 14.3. The van der Waals surface area contributed by atoms with Gasteiger partial charge in [0.15, 0.2) is 0 Å². The van der Waals surface area contributed by atoms with Crippen LogP contribution in [0.2, 0.25) is 0 Å². The highest BCUT2D eigenvalue weighted by Crippen LogP contribution is 2.32. The number of amides is 1. The predicted octanol–water partition coefficient (Wildman–Crippen LogP) is 4.57. The third-order valence-electron chi connectivity index (χ3n) is 4.98. The molecule has 29 heavy (non-hydrogen) atoms. The van der Waals surface area contributed by atoms with Gasteiger partial charge >= 0.3 is 0 Å². The van der Waals surface area contributed by atoms with Crippen LogP contribution < -0.4 is 5.48 Å². The molecule has 6 heteroatoms. The van der Waals surface area contributed by atoms with Crippen LogP contribution in [0, 0.1) is 0 Å². The van der Waals surface area contributed by atoms with Gasteiger partial charge in [-0.3, -0.25) is 14.7 Å². The van der Waals surface area contributed by atoms with Gasteiger partial charge in [-0.05, 0) is 53.1 Å². The van der Waals surface area contributed by atoms with E-state index in [0.717, 1.165) is 38.5 Å². The summed E-state index contributed by atoms with van der Waals surface area (Å²) >= 11 is 0. The average Bonchev–Trinajstić information content (AvgIpc) is 3.43. The van der Waals surface area contributed by atoms with Gasteiger partial charge in [-0.1, -0.05) is 30.3 Å². The molecule has 3 aromatic carbocycles. The second kappa shape index (κ2) is 7.26. The van der Waals surface area contributed by atoms with Gasteiger partial charge in [0, 0.05) is 28.0 Å². The number of carbonyl (C=O) groups is 1. The number of aromatic nitrogens is 3. The smallest absolute Gasteiger partial charge is 0.274 e. The van der Waals surface area contributed by atoms with Crippen LogP contribution in [0.4, 0.5) is 0 Å². The fourth-order valence-electron chi connectivity index (χ4n) is 3.56. The number of H-pyrrole nitrogens is 2. The van der Waals surface area contributed by atoms with E-state index in [1.807, 2.05) is 30.5 Å². The van der Waals surface area contributed by atoms with Crippen LogP contribution >= 0.6 is 0 Å². The molecule has 0 atom stereocenters. The number of hydrogen-bond acceptors (Lipinski definition) is 3. The minimum atomic E-state index is -0.276.